The van der Waals surface area contributed by atoms with Crippen LogP contribution in [0.25, 0.3) is 0 Å². The fourth-order valence-corrected chi connectivity index (χ4v) is 6.16. The molecule has 9 nitrogen and oxygen atoms in total. The van der Waals surface area contributed by atoms with Gasteiger partial charge in [-0.25, -0.2) is 4.79 Å². The summed E-state index contributed by atoms with van der Waals surface area (Å²) in [5, 5.41) is 25.3. The molecule has 2 saturated heterocycles. The molecule has 6 bridgehead atoms. The van der Waals surface area contributed by atoms with E-state index >= 15 is 0 Å². The van der Waals surface area contributed by atoms with Crippen LogP contribution in [-0.2, 0) is 31.8 Å². The maximum Gasteiger partial charge on any atom is 0.409 e. The summed E-state index contributed by atoms with van der Waals surface area (Å²) >= 11 is 6.64. The third kappa shape index (κ3) is 6.71. The number of benzene rings is 1. The van der Waals surface area contributed by atoms with E-state index in [2.05, 4.69) is 5.32 Å². The lowest BCUT2D eigenvalue weighted by Gasteiger charge is -2.52. The Hall–Kier alpha value is -2.43. The normalized spacial score (nSPS) is 35.4. The van der Waals surface area contributed by atoms with Crippen LogP contribution in [0.4, 0.5) is 4.79 Å². The lowest BCUT2D eigenvalue weighted by molar-refractivity contribution is -0.277. The third-order valence-corrected chi connectivity index (χ3v) is 8.50. The molecule has 3 N–H and O–H groups in total. The molecular weight excluding hydrogens is 538 g/mol. The molecule has 5 rings (SSSR count). The number of methoxy groups -OCH3 is 2. The van der Waals surface area contributed by atoms with Gasteiger partial charge in [-0.15, -0.1) is 0 Å². The van der Waals surface area contributed by atoms with Crippen LogP contribution < -0.4 is 10.1 Å². The first kappa shape index (κ1) is 30.5. The van der Waals surface area contributed by atoms with Gasteiger partial charge in [0.2, 0.25) is 0 Å². The van der Waals surface area contributed by atoms with E-state index in [0.717, 1.165) is 16.7 Å². The summed E-state index contributed by atoms with van der Waals surface area (Å²) in [4.78, 5) is 25.3. The largest absolute Gasteiger partial charge is 0.495 e. The molecule has 1 amide bonds. The minimum Gasteiger partial charge on any atom is -0.495 e. The molecule has 1 aliphatic carbocycles. The second-order valence-corrected chi connectivity index (χ2v) is 12.0. The molecule has 0 radical (unpaired) electrons. The van der Waals surface area contributed by atoms with Crippen molar-refractivity contribution < 1.29 is 38.7 Å². The molecule has 0 aromatic heterocycles. The van der Waals surface area contributed by atoms with Crippen LogP contribution in [0.1, 0.15) is 57.6 Å². The van der Waals surface area contributed by atoms with E-state index in [1.165, 1.54) is 7.11 Å². The van der Waals surface area contributed by atoms with Crippen molar-refractivity contribution in [1.29, 1.82) is 0 Å². The third-order valence-electron chi connectivity index (χ3n) is 8.07. The van der Waals surface area contributed by atoms with Crippen LogP contribution in [0.2, 0.25) is 5.02 Å². The van der Waals surface area contributed by atoms with E-state index in [-0.39, 0.29) is 31.0 Å². The van der Waals surface area contributed by atoms with E-state index in [0.29, 0.717) is 30.0 Å². The molecule has 2 fully saturated rings. The van der Waals surface area contributed by atoms with Crippen molar-refractivity contribution in [2.24, 2.45) is 5.92 Å². The number of aliphatic hydroxyl groups excluding tert-OH is 1. The second kappa shape index (κ2) is 12.2. The number of carbonyl (C=O) groups excluding carboxylic acids is 2. The number of aliphatic hydroxyl groups is 2. The fourth-order valence-electron chi connectivity index (χ4n) is 5.90. The number of alkyl carbamates (subject to hydrolysis) is 1. The highest BCUT2D eigenvalue weighted by Gasteiger charge is 2.55. The Labute approximate surface area is 240 Å². The van der Waals surface area contributed by atoms with Gasteiger partial charge in [0.15, 0.2) is 5.72 Å². The van der Waals surface area contributed by atoms with Crippen molar-refractivity contribution in [3.05, 3.63) is 52.1 Å². The predicted octanol–water partition coefficient (Wildman–Crippen LogP) is 4.05. The summed E-state index contributed by atoms with van der Waals surface area (Å²) in [5.41, 5.74) is 0.237. The number of amides is 1. The van der Waals surface area contributed by atoms with Gasteiger partial charge < -0.3 is 29.2 Å². The van der Waals surface area contributed by atoms with Gasteiger partial charge in [-0.05, 0) is 49.8 Å². The van der Waals surface area contributed by atoms with Crippen LogP contribution in [0.3, 0.4) is 0 Å². The first-order chi connectivity index (χ1) is 18.9. The van der Waals surface area contributed by atoms with E-state index in [4.69, 9.17) is 30.5 Å². The van der Waals surface area contributed by atoms with E-state index in [1.54, 1.807) is 26.2 Å². The molecule has 3 heterocycles. The summed E-state index contributed by atoms with van der Waals surface area (Å²) in [7, 11) is 3.03. The Kier molecular flexibility index (Phi) is 9.31. The Morgan fingerprint density at radius 2 is 1.85 bits per heavy atom. The Bertz CT molecular complexity index is 1180. The number of nitrogens with one attached hydrogen (secondary N) is 1. The number of carbonyl (C=O) groups is 2. The highest BCUT2D eigenvalue weighted by molar-refractivity contribution is 6.32. The standard InChI is InChI=1S/C30H40ClNO8/c1-17-7-6-8-26(38-5)30(36)16-23(39-28(35)32-30)24-15-29(3,40-24)25(34)14-21(33)11-18(2)10-20-12-19(9-17)13-22(37-4)27(20)31/h6-8,12-13,18,23-26,34,36H,9-11,14-16H2,1-5H3,(H,32,35). The van der Waals surface area contributed by atoms with Gasteiger partial charge >= 0.3 is 6.09 Å². The monoisotopic (exact) mass is 577 g/mol. The predicted molar refractivity (Wildman–Crippen MR) is 149 cm³/mol. The quantitative estimate of drug-likeness (QED) is 0.481. The van der Waals surface area contributed by atoms with Crippen molar-refractivity contribution in [3.63, 3.8) is 0 Å². The van der Waals surface area contributed by atoms with Gasteiger partial charge in [-0.3, -0.25) is 10.1 Å². The number of rotatable bonds is 2. The summed E-state index contributed by atoms with van der Waals surface area (Å²) in [6.45, 7) is 5.71. The molecule has 1 aromatic rings. The van der Waals surface area contributed by atoms with Gasteiger partial charge in [0, 0.05) is 32.8 Å². The molecule has 3 aliphatic heterocycles. The molecule has 220 valence electrons. The smallest absolute Gasteiger partial charge is 0.409 e. The minimum atomic E-state index is -1.73. The number of fused-ring (bicyclic) bond motifs is 8. The molecule has 0 saturated carbocycles. The van der Waals surface area contributed by atoms with Crippen LogP contribution in [0.5, 0.6) is 5.75 Å². The van der Waals surface area contributed by atoms with Crippen LogP contribution in [0.15, 0.2) is 35.9 Å². The maximum absolute atomic E-state index is 12.9. The first-order valence-corrected chi connectivity index (χ1v) is 14.0. The first-order valence-electron chi connectivity index (χ1n) is 13.7. The van der Waals surface area contributed by atoms with Gasteiger partial charge in [0.05, 0.1) is 29.9 Å². The molecule has 40 heavy (non-hydrogen) atoms. The second-order valence-electron chi connectivity index (χ2n) is 11.6. The molecular formula is C30H40ClNO8. The zero-order chi connectivity index (χ0) is 29.2. The van der Waals surface area contributed by atoms with Gasteiger partial charge in [0.1, 0.15) is 23.7 Å². The fraction of sp³-hybridized carbons (Fsp3) is 0.600. The zero-order valence-electron chi connectivity index (χ0n) is 23.7. The van der Waals surface area contributed by atoms with Gasteiger partial charge in [0.25, 0.3) is 0 Å². The number of hydrogen-bond acceptors (Lipinski definition) is 8. The summed E-state index contributed by atoms with van der Waals surface area (Å²) in [6, 6.07) is 3.94. The highest BCUT2D eigenvalue weighted by atomic mass is 35.5. The van der Waals surface area contributed by atoms with Crippen molar-refractivity contribution in [3.8, 4) is 5.75 Å². The number of allylic oxidation sites excluding steroid dienone is 3. The topological polar surface area (TPSA) is 124 Å². The zero-order valence-corrected chi connectivity index (χ0v) is 24.5. The molecule has 4 aliphatic rings. The van der Waals surface area contributed by atoms with Crippen molar-refractivity contribution >= 4 is 23.5 Å². The SMILES string of the molecule is COc1cc2cc(c1Cl)CC(C)CC(=O)CC(O)C1(C)CC(O1)C1CC(O)(NC(=O)O1)C(OC)C=CC=C(C)C2. The van der Waals surface area contributed by atoms with Crippen molar-refractivity contribution in [2.75, 3.05) is 14.2 Å². The van der Waals surface area contributed by atoms with E-state index in [1.807, 2.05) is 32.1 Å². The van der Waals surface area contributed by atoms with Crippen LogP contribution >= 0.6 is 11.6 Å². The molecule has 10 heteroatoms. The Morgan fingerprint density at radius 3 is 2.52 bits per heavy atom. The number of ketones is 1. The van der Waals surface area contributed by atoms with Crippen LogP contribution in [0, 0.1) is 5.92 Å². The number of hydrogen-bond donors (Lipinski definition) is 3. The van der Waals surface area contributed by atoms with Crippen LogP contribution in [-0.4, -0.2) is 72.1 Å². The lowest BCUT2D eigenvalue weighted by atomic mass is 9.79. The Morgan fingerprint density at radius 1 is 1.12 bits per heavy atom. The summed E-state index contributed by atoms with van der Waals surface area (Å²) in [5.74, 6) is 0.487. The average Bonchev–Trinajstić information content (AvgIpc) is 2.85. The number of Topliss-reactive ketones (excluding diaryl/α,β-unsaturated/α-hetero) is 1. The summed E-state index contributed by atoms with van der Waals surface area (Å²) in [6.07, 6.45) is 3.24. The molecule has 7 unspecified atom stereocenters. The minimum absolute atomic E-state index is 0.00786. The lowest BCUT2D eigenvalue weighted by Crippen LogP contribution is -2.68. The maximum atomic E-state index is 12.9. The van der Waals surface area contributed by atoms with Crippen molar-refractivity contribution in [1.82, 2.24) is 5.32 Å². The molecule has 1 aromatic carbocycles. The molecule has 7 atom stereocenters. The van der Waals surface area contributed by atoms with Crippen molar-refractivity contribution in [2.45, 2.75) is 95.0 Å². The van der Waals surface area contributed by atoms with Gasteiger partial charge in [-0.1, -0.05) is 48.4 Å². The van der Waals surface area contributed by atoms with Gasteiger partial charge in [-0.2, -0.15) is 0 Å². The van der Waals surface area contributed by atoms with E-state index in [9.17, 15) is 19.8 Å². The Balaban J connectivity index is 1.66. The van der Waals surface area contributed by atoms with E-state index < -0.39 is 41.8 Å². The number of halogens is 1. The number of ether oxygens (including phenoxy) is 4. The summed E-state index contributed by atoms with van der Waals surface area (Å²) < 4.78 is 22.5. The molecule has 0 spiro atoms. The average molecular weight is 578 g/mol. The highest BCUT2D eigenvalue weighted by Crippen LogP contribution is 2.42.